The number of amides is 2. The number of carbonyl (C=O) groups excluding carboxylic acids is 2. The van der Waals surface area contributed by atoms with Crippen molar-refractivity contribution in [1.82, 2.24) is 10.6 Å². The van der Waals surface area contributed by atoms with Gasteiger partial charge in [-0.3, -0.25) is 9.59 Å². The average Bonchev–Trinajstić information content (AvgIpc) is 2.58. The lowest BCUT2D eigenvalue weighted by atomic mass is 10.1. The second-order valence-corrected chi connectivity index (χ2v) is 7.91. The fourth-order valence-corrected chi connectivity index (χ4v) is 3.14. The van der Waals surface area contributed by atoms with Crippen LogP contribution in [-0.2, 0) is 21.2 Å². The Balaban J connectivity index is 1.77. The zero-order valence-corrected chi connectivity index (χ0v) is 16.1. The Morgan fingerprint density at radius 1 is 0.963 bits per heavy atom. The quantitative estimate of drug-likeness (QED) is 0.655. The lowest BCUT2D eigenvalue weighted by molar-refractivity contribution is -0.120. The Morgan fingerprint density at radius 3 is 2.11 bits per heavy atom. The van der Waals surface area contributed by atoms with Crippen molar-refractivity contribution in [2.45, 2.75) is 25.2 Å². The fraction of sp³-hybridized carbons (Fsp3) is 0.263. The molecule has 0 aliphatic heterocycles. The van der Waals surface area contributed by atoms with Crippen molar-refractivity contribution < 1.29 is 18.0 Å². The van der Waals surface area contributed by atoms with Crippen LogP contribution in [0, 0.1) is 13.8 Å². The van der Waals surface area contributed by atoms with Crippen LogP contribution in [0.5, 0.6) is 0 Å². The molecule has 0 bridgehead atoms. The summed E-state index contributed by atoms with van der Waals surface area (Å²) >= 11 is 0. The molecular weight excluding hydrogens is 366 g/mol. The topological polar surface area (TPSA) is 118 Å². The summed E-state index contributed by atoms with van der Waals surface area (Å²) < 4.78 is 22.4. The van der Waals surface area contributed by atoms with Crippen LogP contribution in [0.2, 0.25) is 0 Å². The first-order valence-corrected chi connectivity index (χ1v) is 9.95. The molecule has 0 fully saturated rings. The third-order valence-corrected chi connectivity index (χ3v) is 4.81. The lowest BCUT2D eigenvalue weighted by Crippen LogP contribution is -2.37. The maximum atomic E-state index is 12.1. The van der Waals surface area contributed by atoms with Crippen LogP contribution in [-0.4, -0.2) is 33.3 Å². The molecule has 0 saturated carbocycles. The van der Waals surface area contributed by atoms with Crippen LogP contribution in [0.25, 0.3) is 0 Å². The van der Waals surface area contributed by atoms with E-state index in [0.717, 1.165) is 16.7 Å². The maximum absolute atomic E-state index is 12.1. The maximum Gasteiger partial charge on any atom is 0.251 e. The fourth-order valence-electron chi connectivity index (χ4n) is 2.62. The second-order valence-electron chi connectivity index (χ2n) is 6.35. The molecular formula is C19H23N3O4S. The molecule has 2 rings (SSSR count). The number of primary sulfonamides is 1. The van der Waals surface area contributed by atoms with Crippen LogP contribution in [0.3, 0.4) is 0 Å². The van der Waals surface area contributed by atoms with Gasteiger partial charge in [0, 0.05) is 12.1 Å². The number of hydrogen-bond acceptors (Lipinski definition) is 4. The van der Waals surface area contributed by atoms with E-state index in [9.17, 15) is 18.0 Å². The van der Waals surface area contributed by atoms with Gasteiger partial charge in [0.1, 0.15) is 0 Å². The number of hydrogen-bond donors (Lipinski definition) is 3. The van der Waals surface area contributed by atoms with E-state index in [2.05, 4.69) is 10.6 Å². The first-order chi connectivity index (χ1) is 12.6. The summed E-state index contributed by atoms with van der Waals surface area (Å²) in [5.41, 5.74) is 3.35. The molecule has 0 aliphatic carbocycles. The van der Waals surface area contributed by atoms with E-state index in [0.29, 0.717) is 18.5 Å². The summed E-state index contributed by atoms with van der Waals surface area (Å²) in [6.07, 6.45) is 0.529. The van der Waals surface area contributed by atoms with Crippen LogP contribution in [0.15, 0.2) is 47.4 Å². The molecule has 2 amide bonds. The molecule has 0 heterocycles. The molecule has 0 atom stereocenters. The minimum atomic E-state index is -3.71. The summed E-state index contributed by atoms with van der Waals surface area (Å²) in [7, 11) is -3.71. The van der Waals surface area contributed by atoms with Crippen molar-refractivity contribution in [1.29, 1.82) is 0 Å². The normalized spacial score (nSPS) is 11.1. The molecule has 4 N–H and O–H groups in total. The SMILES string of the molecule is Cc1cc(C)cc(C(=O)NCC(=O)NCCc2ccc(S(N)(=O)=O)cc2)c1. The van der Waals surface area contributed by atoms with E-state index in [1.165, 1.54) is 12.1 Å². The summed E-state index contributed by atoms with van der Waals surface area (Å²) in [5, 5.41) is 10.3. The van der Waals surface area contributed by atoms with E-state index in [1.807, 2.05) is 19.9 Å². The van der Waals surface area contributed by atoms with Crippen LogP contribution < -0.4 is 15.8 Å². The predicted octanol–water partition coefficient (Wildman–Crippen LogP) is 1.04. The Bertz CT molecular complexity index is 918. The molecule has 2 aromatic carbocycles. The van der Waals surface area contributed by atoms with E-state index in [4.69, 9.17) is 5.14 Å². The first-order valence-electron chi connectivity index (χ1n) is 8.40. The molecule has 27 heavy (non-hydrogen) atoms. The number of nitrogens with two attached hydrogens (primary N) is 1. The second kappa shape index (κ2) is 8.79. The molecule has 0 saturated heterocycles. The summed E-state index contributed by atoms with van der Waals surface area (Å²) in [5.74, 6) is -0.593. The third-order valence-electron chi connectivity index (χ3n) is 3.88. The van der Waals surface area contributed by atoms with Crippen molar-refractivity contribution in [2.24, 2.45) is 5.14 Å². The molecule has 7 nitrogen and oxygen atoms in total. The molecule has 0 radical (unpaired) electrons. The molecule has 0 aliphatic rings. The highest BCUT2D eigenvalue weighted by molar-refractivity contribution is 7.89. The number of benzene rings is 2. The van der Waals surface area contributed by atoms with Gasteiger partial charge in [0.15, 0.2) is 0 Å². The Morgan fingerprint density at radius 2 is 1.56 bits per heavy atom. The van der Waals surface area contributed by atoms with Gasteiger partial charge in [-0.25, -0.2) is 13.6 Å². The molecule has 8 heteroatoms. The highest BCUT2D eigenvalue weighted by Crippen LogP contribution is 2.09. The van der Waals surface area contributed by atoms with Gasteiger partial charge in [0.25, 0.3) is 5.91 Å². The van der Waals surface area contributed by atoms with Crippen molar-refractivity contribution in [3.05, 3.63) is 64.7 Å². The highest BCUT2D eigenvalue weighted by Gasteiger charge is 2.09. The number of sulfonamides is 1. The standard InChI is InChI=1S/C19H23N3O4S/c1-13-9-14(2)11-16(10-13)19(24)22-12-18(23)21-8-7-15-3-5-17(6-4-15)27(20,25)26/h3-6,9-11H,7-8,12H2,1-2H3,(H,21,23)(H,22,24)(H2,20,25,26). The predicted molar refractivity (Wildman–Crippen MR) is 103 cm³/mol. The van der Waals surface area contributed by atoms with Gasteiger partial charge in [0.2, 0.25) is 15.9 Å². The molecule has 0 aromatic heterocycles. The van der Waals surface area contributed by atoms with Crippen LogP contribution >= 0.6 is 0 Å². The minimum absolute atomic E-state index is 0.0457. The van der Waals surface area contributed by atoms with Gasteiger partial charge in [-0.2, -0.15) is 0 Å². The minimum Gasteiger partial charge on any atom is -0.354 e. The molecule has 0 spiro atoms. The lowest BCUT2D eigenvalue weighted by Gasteiger charge is -2.08. The zero-order valence-electron chi connectivity index (χ0n) is 15.3. The number of nitrogens with one attached hydrogen (secondary N) is 2. The van der Waals surface area contributed by atoms with Crippen molar-refractivity contribution in [3.8, 4) is 0 Å². The van der Waals surface area contributed by atoms with Crippen LogP contribution in [0.4, 0.5) is 0 Å². The van der Waals surface area contributed by atoms with Gasteiger partial charge < -0.3 is 10.6 Å². The smallest absolute Gasteiger partial charge is 0.251 e. The molecule has 144 valence electrons. The summed E-state index contributed by atoms with van der Waals surface area (Å²) in [6, 6.07) is 11.7. The number of aryl methyl sites for hydroxylation is 2. The van der Waals surface area contributed by atoms with E-state index >= 15 is 0 Å². The van der Waals surface area contributed by atoms with Crippen molar-refractivity contribution >= 4 is 21.8 Å². The van der Waals surface area contributed by atoms with E-state index < -0.39 is 10.0 Å². The first kappa shape index (κ1) is 20.6. The molecule has 2 aromatic rings. The van der Waals surface area contributed by atoms with E-state index in [1.54, 1.807) is 24.3 Å². The Kier molecular flexibility index (Phi) is 6.70. The zero-order chi connectivity index (χ0) is 20.0. The monoisotopic (exact) mass is 389 g/mol. The van der Waals surface area contributed by atoms with Gasteiger partial charge in [-0.1, -0.05) is 29.3 Å². The van der Waals surface area contributed by atoms with Crippen LogP contribution in [0.1, 0.15) is 27.0 Å². The Labute approximate surface area is 159 Å². The van der Waals surface area contributed by atoms with Gasteiger partial charge in [-0.05, 0) is 50.1 Å². The Hall–Kier alpha value is -2.71. The van der Waals surface area contributed by atoms with Gasteiger partial charge in [0.05, 0.1) is 11.4 Å². The van der Waals surface area contributed by atoms with Crippen molar-refractivity contribution in [3.63, 3.8) is 0 Å². The number of carbonyl (C=O) groups is 2. The largest absolute Gasteiger partial charge is 0.354 e. The summed E-state index contributed by atoms with van der Waals surface area (Å²) in [4.78, 5) is 24.0. The number of rotatable bonds is 7. The summed E-state index contributed by atoms with van der Waals surface area (Å²) in [6.45, 7) is 4.07. The average molecular weight is 389 g/mol. The highest BCUT2D eigenvalue weighted by atomic mass is 32.2. The molecule has 0 unspecified atom stereocenters. The van der Waals surface area contributed by atoms with E-state index in [-0.39, 0.29) is 23.3 Å². The van der Waals surface area contributed by atoms with Crippen molar-refractivity contribution in [2.75, 3.05) is 13.1 Å². The van der Waals surface area contributed by atoms with Gasteiger partial charge in [-0.15, -0.1) is 0 Å². The van der Waals surface area contributed by atoms with Gasteiger partial charge >= 0.3 is 0 Å². The third kappa shape index (κ3) is 6.50.